The zero-order valence-corrected chi connectivity index (χ0v) is 41.5. The van der Waals surface area contributed by atoms with Crippen LogP contribution in [0.3, 0.4) is 0 Å². The molecule has 7 N–H and O–H groups in total. The first-order chi connectivity index (χ1) is 32.6. The van der Waals surface area contributed by atoms with Crippen molar-refractivity contribution in [1.29, 1.82) is 0 Å². The van der Waals surface area contributed by atoms with Crippen LogP contribution < -0.4 is 35.9 Å². The predicted octanol–water partition coefficient (Wildman–Crippen LogP) is 0.0727. The molecular formula is C41H58N7O19P3-4. The molecule has 29 heteroatoms. The minimum atomic E-state index is -5.95. The van der Waals surface area contributed by atoms with Crippen LogP contribution in [0, 0.1) is 16.2 Å². The highest BCUT2D eigenvalue weighted by Gasteiger charge is 2.49. The van der Waals surface area contributed by atoms with Gasteiger partial charge in [-0.25, -0.2) is 19.3 Å². The number of phosphoric ester groups is 3. The van der Waals surface area contributed by atoms with Gasteiger partial charge in [-0.15, -0.1) is 0 Å². The summed E-state index contributed by atoms with van der Waals surface area (Å²) in [5, 5.41) is 36.0. The van der Waals surface area contributed by atoms with E-state index in [1.165, 1.54) is 25.0 Å². The second kappa shape index (κ2) is 23.2. The van der Waals surface area contributed by atoms with Crippen LogP contribution >= 0.6 is 23.5 Å². The SMILES string of the molecule is CC(C)(CCCc1ccccc1CCCC1(C(=O)O)CC1)C(=O)CCNC(=O)CCNC(=O)C(O)C(C)(C)COP(=O)([O-])OP(=O)([O-])OCC1OC(n2cnc3c(N)ncnc32)C(O)C1OP(=O)([O-])[O-]. The van der Waals surface area contributed by atoms with Crippen molar-refractivity contribution in [3.8, 4) is 0 Å². The number of nitrogen functional groups attached to an aromatic ring is 1. The largest absolute Gasteiger partial charge is 0.790 e. The van der Waals surface area contributed by atoms with E-state index in [0.717, 1.165) is 55.7 Å². The highest BCUT2D eigenvalue weighted by Crippen LogP contribution is 2.56. The van der Waals surface area contributed by atoms with Crippen LogP contribution in [0.4, 0.5) is 5.82 Å². The molecule has 1 aliphatic heterocycles. The van der Waals surface area contributed by atoms with E-state index in [-0.39, 0.29) is 48.7 Å². The van der Waals surface area contributed by atoms with Crippen LogP contribution in [0.1, 0.15) is 96.4 Å². The summed E-state index contributed by atoms with van der Waals surface area (Å²) in [6.07, 6.45) is -1.92. The standard InChI is InChI=1S/C41H62N7O19P3/c1-39(2,15-7-11-25-9-5-6-10-26(25)12-8-16-41(17-18-41)38(54)55)28(49)13-19-43-29(50)14-20-44-36(53)33(52)40(3,4)22-64-70(61,62)67-69(59,60)63-21-27-32(66-68(56,57)58)31(51)37(65-27)48-24-47-30-34(42)45-23-46-35(30)48/h5-6,9-10,23-24,27,31-33,37,51-52H,7-8,11-22H2,1-4H3,(H,43,50)(H,44,53)(H,54,55)(H,59,60)(H,61,62)(H2,42,45,46)(H2,56,57,58)/p-4. The molecule has 0 radical (unpaired) electrons. The molecule has 2 aliphatic rings. The number of hydrogen-bond acceptors (Lipinski definition) is 22. The molecule has 3 aromatic rings. The van der Waals surface area contributed by atoms with Crippen LogP contribution in [-0.4, -0.2) is 109 Å². The number of carbonyl (C=O) groups excluding carboxylic acids is 3. The Balaban J connectivity index is 0.999. The van der Waals surface area contributed by atoms with E-state index in [2.05, 4.69) is 55.6 Å². The van der Waals surface area contributed by atoms with E-state index in [4.69, 9.17) is 10.5 Å². The van der Waals surface area contributed by atoms with Crippen LogP contribution in [0.15, 0.2) is 36.9 Å². The number of nitrogens with two attached hydrogens (primary N) is 1. The molecule has 390 valence electrons. The summed E-state index contributed by atoms with van der Waals surface area (Å²) in [5.41, 5.74) is 5.15. The maximum absolute atomic E-state index is 13.1. The average molecular weight is 1050 g/mol. The van der Waals surface area contributed by atoms with Crippen molar-refractivity contribution in [2.75, 3.05) is 32.0 Å². The summed E-state index contributed by atoms with van der Waals surface area (Å²) in [6, 6.07) is 8.03. The molecule has 2 fully saturated rings. The van der Waals surface area contributed by atoms with Gasteiger partial charge in [-0.05, 0) is 62.5 Å². The van der Waals surface area contributed by atoms with Crippen LogP contribution in [-0.2, 0) is 68.3 Å². The third kappa shape index (κ3) is 15.7. The number of aliphatic hydroxyl groups is 2. The van der Waals surface area contributed by atoms with E-state index in [1.807, 2.05) is 26.0 Å². The third-order valence-electron chi connectivity index (χ3n) is 12.3. The van der Waals surface area contributed by atoms with Gasteiger partial charge in [-0.1, -0.05) is 52.0 Å². The highest BCUT2D eigenvalue weighted by molar-refractivity contribution is 7.59. The van der Waals surface area contributed by atoms with Gasteiger partial charge in [0.2, 0.25) is 11.8 Å². The molecule has 1 aromatic carbocycles. The summed E-state index contributed by atoms with van der Waals surface area (Å²) < 4.78 is 60.9. The van der Waals surface area contributed by atoms with E-state index in [9.17, 15) is 67.8 Å². The number of carboxylic acid groups (broad SMARTS) is 1. The number of benzene rings is 1. The van der Waals surface area contributed by atoms with Gasteiger partial charge in [-0.2, -0.15) is 0 Å². The second-order valence-corrected chi connectivity index (χ2v) is 22.7. The Kier molecular flexibility index (Phi) is 18.8. The molecule has 70 heavy (non-hydrogen) atoms. The number of imidazole rings is 1. The van der Waals surface area contributed by atoms with Crippen molar-refractivity contribution in [3.63, 3.8) is 0 Å². The van der Waals surface area contributed by atoms with Gasteiger partial charge in [0.05, 0.1) is 32.8 Å². The predicted molar refractivity (Wildman–Crippen MR) is 236 cm³/mol. The Morgan fingerprint density at radius 2 is 1.57 bits per heavy atom. The minimum absolute atomic E-state index is 0.0285. The summed E-state index contributed by atoms with van der Waals surface area (Å²) in [4.78, 5) is 110. The van der Waals surface area contributed by atoms with Crippen molar-refractivity contribution >= 4 is 64.0 Å². The number of rotatable bonds is 29. The lowest BCUT2D eigenvalue weighted by Crippen LogP contribution is -2.46. The Morgan fingerprint density at radius 1 is 0.943 bits per heavy atom. The molecule has 2 amide bonds. The quantitative estimate of drug-likeness (QED) is 0.0501. The number of hydrogen-bond donors (Lipinski definition) is 6. The zero-order chi connectivity index (χ0) is 51.9. The number of aryl methyl sites for hydroxylation is 2. The number of carbonyl (C=O) groups is 4. The van der Waals surface area contributed by atoms with Gasteiger partial charge in [-0.3, -0.25) is 32.9 Å². The van der Waals surface area contributed by atoms with Crippen molar-refractivity contribution in [2.24, 2.45) is 16.2 Å². The maximum Gasteiger partial charge on any atom is 0.309 e. The Labute approximate surface area is 402 Å². The Morgan fingerprint density at radius 3 is 2.20 bits per heavy atom. The molecule has 26 nitrogen and oxygen atoms in total. The zero-order valence-electron chi connectivity index (χ0n) is 38.8. The number of aromatic nitrogens is 4. The van der Waals surface area contributed by atoms with Gasteiger partial charge >= 0.3 is 5.97 Å². The lowest BCUT2D eigenvalue weighted by molar-refractivity contribution is -0.347. The van der Waals surface area contributed by atoms with Gasteiger partial charge in [0.25, 0.3) is 15.6 Å². The van der Waals surface area contributed by atoms with Gasteiger partial charge < -0.3 is 74.1 Å². The smallest absolute Gasteiger partial charge is 0.309 e. The van der Waals surface area contributed by atoms with Crippen molar-refractivity contribution < 1.29 is 90.4 Å². The highest BCUT2D eigenvalue weighted by atomic mass is 31.3. The van der Waals surface area contributed by atoms with Crippen molar-refractivity contribution in [1.82, 2.24) is 30.2 Å². The van der Waals surface area contributed by atoms with Crippen LogP contribution in [0.2, 0.25) is 0 Å². The van der Waals surface area contributed by atoms with E-state index >= 15 is 0 Å². The number of ketones is 1. The lowest BCUT2D eigenvalue weighted by atomic mass is 9.80. The lowest BCUT2D eigenvalue weighted by Gasteiger charge is -2.36. The number of aliphatic carboxylic acids is 1. The van der Waals surface area contributed by atoms with Gasteiger partial charge in [0, 0.05) is 36.8 Å². The number of aliphatic hydroxyl groups excluding tert-OH is 2. The first-order valence-electron chi connectivity index (χ1n) is 22.2. The average Bonchev–Trinajstić information content (AvgIpc) is 3.85. The molecule has 1 saturated carbocycles. The first-order valence-corrected chi connectivity index (χ1v) is 26.6. The monoisotopic (exact) mass is 1050 g/mol. The number of nitrogens with zero attached hydrogens (tertiary/aromatic N) is 4. The fraction of sp³-hybridized carbons (Fsp3) is 0.634. The number of carboxylic acids is 1. The van der Waals surface area contributed by atoms with Crippen molar-refractivity contribution in [2.45, 2.75) is 123 Å². The summed E-state index contributed by atoms with van der Waals surface area (Å²) in [5.74, 6) is -2.41. The molecule has 2 aromatic heterocycles. The number of phosphoric acid groups is 3. The molecule has 0 bridgehead atoms. The molecule has 3 heterocycles. The fourth-order valence-electron chi connectivity index (χ4n) is 7.82. The molecule has 1 saturated heterocycles. The van der Waals surface area contributed by atoms with Gasteiger partial charge in [0.1, 0.15) is 42.0 Å². The minimum Gasteiger partial charge on any atom is -0.790 e. The molecule has 7 unspecified atom stereocenters. The number of ether oxygens (including phenoxy) is 1. The number of Topliss-reactive ketones (excluding diaryl/α,β-unsaturated/α-hetero) is 1. The Bertz CT molecular complexity index is 2500. The van der Waals surface area contributed by atoms with Crippen molar-refractivity contribution in [3.05, 3.63) is 48.0 Å². The number of amides is 2. The van der Waals surface area contributed by atoms with Crippen LogP contribution in [0.25, 0.3) is 11.2 Å². The second-order valence-electron chi connectivity index (χ2n) is 18.6. The van der Waals surface area contributed by atoms with E-state index in [0.29, 0.717) is 12.8 Å². The first kappa shape index (κ1) is 56.8. The van der Waals surface area contributed by atoms with E-state index in [1.54, 1.807) is 0 Å². The molecule has 7 atom stereocenters. The summed E-state index contributed by atoms with van der Waals surface area (Å²) >= 11 is 0. The number of fused-ring (bicyclic) bond motifs is 1. The van der Waals surface area contributed by atoms with Gasteiger partial charge in [0.15, 0.2) is 17.7 Å². The Hall–Kier alpha value is -4.10. The van der Waals surface area contributed by atoms with E-state index < -0.39 is 101 Å². The maximum atomic E-state index is 13.1. The molecule has 1 aliphatic carbocycles. The summed E-state index contributed by atoms with van der Waals surface area (Å²) in [6.45, 7) is 3.54. The normalized spacial score (nSPS) is 21.4. The molecular weight excluding hydrogens is 987 g/mol. The summed E-state index contributed by atoms with van der Waals surface area (Å²) in [7, 11) is -17.7. The third-order valence-corrected chi connectivity index (χ3v) is 15.3. The fourth-order valence-corrected chi connectivity index (χ4v) is 10.6. The topological polar surface area (TPSA) is 412 Å². The number of anilines is 1. The van der Waals surface area contributed by atoms with Crippen LogP contribution in [0.5, 0.6) is 0 Å². The molecule has 5 rings (SSSR count). The molecule has 0 spiro atoms. The number of nitrogens with one attached hydrogen (secondary N) is 2.